The van der Waals surface area contributed by atoms with Crippen LogP contribution >= 0.6 is 0 Å². The van der Waals surface area contributed by atoms with Crippen molar-refractivity contribution in [3.63, 3.8) is 0 Å². The molecule has 0 aliphatic rings. The molecular formula is C23H42O. The van der Waals surface area contributed by atoms with Gasteiger partial charge in [0.15, 0.2) is 0 Å². The molecule has 0 spiro atoms. The Kier molecular flexibility index (Phi) is 12.1. The molecule has 0 bridgehead atoms. The monoisotopic (exact) mass is 334 g/mol. The molecule has 0 fully saturated rings. The van der Waals surface area contributed by atoms with Crippen LogP contribution in [-0.4, -0.2) is 10.7 Å². The summed E-state index contributed by atoms with van der Waals surface area (Å²) in [5.41, 5.74) is 3.87. The smallest absolute Gasteiger partial charge is 0.0651 e. The predicted molar refractivity (Wildman–Crippen MR) is 109 cm³/mol. The van der Waals surface area contributed by atoms with Crippen molar-refractivity contribution in [2.75, 3.05) is 0 Å². The molecule has 1 nitrogen and oxygen atoms in total. The zero-order valence-electron chi connectivity index (χ0n) is 17.4. The van der Waals surface area contributed by atoms with Crippen LogP contribution in [0, 0.1) is 5.92 Å². The molecule has 2 atom stereocenters. The van der Waals surface area contributed by atoms with Gasteiger partial charge in [0.25, 0.3) is 0 Å². The van der Waals surface area contributed by atoms with E-state index in [2.05, 4.69) is 52.8 Å². The van der Waals surface area contributed by atoms with Gasteiger partial charge in [-0.3, -0.25) is 0 Å². The van der Waals surface area contributed by atoms with E-state index in [0.29, 0.717) is 0 Å². The molecule has 0 aromatic rings. The fourth-order valence-electron chi connectivity index (χ4n) is 2.61. The minimum atomic E-state index is -0.549. The number of rotatable bonds is 12. The fourth-order valence-corrected chi connectivity index (χ4v) is 2.61. The number of aliphatic hydroxyl groups is 1. The van der Waals surface area contributed by atoms with Crippen LogP contribution in [0.1, 0.15) is 99.8 Å². The van der Waals surface area contributed by atoms with Gasteiger partial charge in [0.1, 0.15) is 0 Å². The summed E-state index contributed by atoms with van der Waals surface area (Å²) in [7, 11) is 0. The molecule has 1 heteroatoms. The van der Waals surface area contributed by atoms with Gasteiger partial charge >= 0.3 is 0 Å². The van der Waals surface area contributed by atoms with E-state index in [1.54, 1.807) is 5.57 Å². The van der Waals surface area contributed by atoms with Crippen LogP contribution in [0.3, 0.4) is 0 Å². The van der Waals surface area contributed by atoms with Crippen LogP contribution in [0.25, 0.3) is 0 Å². The van der Waals surface area contributed by atoms with Gasteiger partial charge in [0, 0.05) is 0 Å². The van der Waals surface area contributed by atoms with E-state index < -0.39 is 5.60 Å². The number of hydrogen-bond donors (Lipinski definition) is 1. The van der Waals surface area contributed by atoms with Crippen molar-refractivity contribution < 1.29 is 5.11 Å². The van der Waals surface area contributed by atoms with Gasteiger partial charge in [-0.05, 0) is 78.6 Å². The lowest BCUT2D eigenvalue weighted by atomic mass is 9.97. The van der Waals surface area contributed by atoms with Gasteiger partial charge in [-0.25, -0.2) is 0 Å². The average Bonchev–Trinajstić information content (AvgIpc) is 2.52. The third-order valence-electron chi connectivity index (χ3n) is 5.08. The lowest BCUT2D eigenvalue weighted by molar-refractivity contribution is 0.0590. The summed E-state index contributed by atoms with van der Waals surface area (Å²) >= 11 is 0. The van der Waals surface area contributed by atoms with E-state index in [1.807, 2.05) is 13.8 Å². The minimum absolute atomic E-state index is 0.549. The van der Waals surface area contributed by atoms with Crippen LogP contribution < -0.4 is 0 Å². The largest absolute Gasteiger partial charge is 0.390 e. The molecule has 0 rings (SSSR count). The predicted octanol–water partition coefficient (Wildman–Crippen LogP) is 7.37. The Hall–Kier alpha value is -0.820. The van der Waals surface area contributed by atoms with Crippen LogP contribution in [0.2, 0.25) is 0 Å². The first-order valence-electron chi connectivity index (χ1n) is 9.89. The zero-order valence-corrected chi connectivity index (χ0v) is 17.4. The second kappa shape index (κ2) is 12.5. The Morgan fingerprint density at radius 3 is 1.92 bits per heavy atom. The molecule has 0 aromatic carbocycles. The first-order valence-corrected chi connectivity index (χ1v) is 9.89. The summed E-state index contributed by atoms with van der Waals surface area (Å²) in [4.78, 5) is 0. The normalized spacial score (nSPS) is 17.8. The quantitative estimate of drug-likeness (QED) is 0.369. The average molecular weight is 335 g/mol. The summed E-state index contributed by atoms with van der Waals surface area (Å²) in [5, 5.41) is 10.0. The maximum atomic E-state index is 10.0. The molecule has 0 aliphatic heterocycles. The van der Waals surface area contributed by atoms with Crippen molar-refractivity contribution in [1.29, 1.82) is 0 Å². The van der Waals surface area contributed by atoms with E-state index in [4.69, 9.17) is 0 Å². The lowest BCUT2D eigenvalue weighted by Crippen LogP contribution is -2.21. The highest BCUT2D eigenvalue weighted by atomic mass is 16.3. The van der Waals surface area contributed by atoms with E-state index >= 15 is 0 Å². The van der Waals surface area contributed by atoms with Crippen molar-refractivity contribution in [2.45, 2.75) is 105 Å². The van der Waals surface area contributed by atoms with Crippen LogP contribution in [0.15, 0.2) is 34.9 Å². The number of hydrogen-bond acceptors (Lipinski definition) is 1. The van der Waals surface area contributed by atoms with Gasteiger partial charge in [-0.1, -0.05) is 62.1 Å². The third-order valence-corrected chi connectivity index (χ3v) is 5.08. The van der Waals surface area contributed by atoms with Crippen LogP contribution in [0.4, 0.5) is 0 Å². The maximum absolute atomic E-state index is 10.0. The third kappa shape index (κ3) is 12.6. The molecule has 140 valence electrons. The van der Waals surface area contributed by atoms with Crippen molar-refractivity contribution in [2.24, 2.45) is 5.92 Å². The highest BCUT2D eigenvalue weighted by Gasteiger charge is 2.14. The molecule has 0 amide bonds. The molecule has 2 unspecified atom stereocenters. The van der Waals surface area contributed by atoms with E-state index in [-0.39, 0.29) is 0 Å². The Labute approximate surface area is 151 Å². The summed E-state index contributed by atoms with van der Waals surface area (Å²) in [6, 6.07) is 0. The highest BCUT2D eigenvalue weighted by Crippen LogP contribution is 2.18. The van der Waals surface area contributed by atoms with Crippen LogP contribution in [0.5, 0.6) is 0 Å². The van der Waals surface area contributed by atoms with Gasteiger partial charge < -0.3 is 5.11 Å². The van der Waals surface area contributed by atoms with Crippen LogP contribution in [-0.2, 0) is 0 Å². The summed E-state index contributed by atoms with van der Waals surface area (Å²) < 4.78 is 0. The Bertz CT molecular complexity index is 423. The van der Waals surface area contributed by atoms with E-state index in [0.717, 1.165) is 31.6 Å². The molecule has 1 N–H and O–H groups in total. The SMILES string of the molecule is CCC(C)CC(C)=CCCC(C)=CCCC(C)=CCC(C)(O)CC. The molecule has 24 heavy (non-hydrogen) atoms. The second-order valence-corrected chi connectivity index (χ2v) is 8.00. The summed E-state index contributed by atoms with van der Waals surface area (Å²) in [6.07, 6.45) is 15.6. The zero-order chi connectivity index (χ0) is 18.6. The fraction of sp³-hybridized carbons (Fsp3) is 0.739. The van der Waals surface area contributed by atoms with E-state index in [1.165, 1.54) is 36.8 Å². The first kappa shape index (κ1) is 23.2. The maximum Gasteiger partial charge on any atom is 0.0651 e. The first-order chi connectivity index (χ1) is 11.2. The minimum Gasteiger partial charge on any atom is -0.390 e. The lowest BCUT2D eigenvalue weighted by Gasteiger charge is -2.19. The topological polar surface area (TPSA) is 20.2 Å². The second-order valence-electron chi connectivity index (χ2n) is 8.00. The van der Waals surface area contributed by atoms with E-state index in [9.17, 15) is 5.11 Å². The Morgan fingerprint density at radius 1 is 0.917 bits per heavy atom. The molecular weight excluding hydrogens is 292 g/mol. The summed E-state index contributed by atoms with van der Waals surface area (Å²) in [5.74, 6) is 0.807. The molecule has 0 aliphatic carbocycles. The van der Waals surface area contributed by atoms with Crippen molar-refractivity contribution in [1.82, 2.24) is 0 Å². The standard InChI is InChI=1S/C23H42O/c1-8-19(3)18-22(6)15-11-13-20(4)12-10-14-21(5)16-17-23(7,24)9-2/h12,15-16,19,24H,8-11,13-14,17-18H2,1-7H3. The Balaban J connectivity index is 4.11. The van der Waals surface area contributed by atoms with Gasteiger partial charge in [0.05, 0.1) is 5.60 Å². The molecule has 0 aromatic heterocycles. The molecule has 0 saturated heterocycles. The van der Waals surface area contributed by atoms with Crippen molar-refractivity contribution in [3.05, 3.63) is 34.9 Å². The summed E-state index contributed by atoms with van der Waals surface area (Å²) in [6.45, 7) is 15.2. The van der Waals surface area contributed by atoms with Gasteiger partial charge in [-0.15, -0.1) is 0 Å². The molecule has 0 heterocycles. The number of allylic oxidation sites excluding steroid dienone is 5. The van der Waals surface area contributed by atoms with Crippen molar-refractivity contribution in [3.8, 4) is 0 Å². The van der Waals surface area contributed by atoms with Crippen molar-refractivity contribution >= 4 is 0 Å². The highest BCUT2D eigenvalue weighted by molar-refractivity contribution is 5.07. The van der Waals surface area contributed by atoms with Gasteiger partial charge in [-0.2, -0.15) is 0 Å². The molecule has 0 saturated carbocycles. The Morgan fingerprint density at radius 2 is 1.42 bits per heavy atom. The molecule has 0 radical (unpaired) electrons. The van der Waals surface area contributed by atoms with Gasteiger partial charge in [0.2, 0.25) is 0 Å².